The van der Waals surface area contributed by atoms with E-state index in [4.69, 9.17) is 4.74 Å². The zero-order valence-corrected chi connectivity index (χ0v) is 9.87. The molecule has 2 saturated heterocycles. The van der Waals surface area contributed by atoms with E-state index in [0.717, 1.165) is 25.2 Å². The van der Waals surface area contributed by atoms with Gasteiger partial charge in [-0.2, -0.15) is 0 Å². The maximum Gasteiger partial charge on any atom is 0.0469 e. The molecule has 0 aromatic carbocycles. The van der Waals surface area contributed by atoms with Crippen LogP contribution in [0.3, 0.4) is 0 Å². The second-order valence-electron chi connectivity index (χ2n) is 5.07. The fourth-order valence-electron chi connectivity index (χ4n) is 2.73. The Kier molecular flexibility index (Phi) is 4.42. The number of rotatable bonds is 4. The Morgan fingerprint density at radius 2 is 2.00 bits per heavy atom. The molecule has 88 valence electrons. The molecule has 2 aliphatic heterocycles. The first-order valence-electron chi connectivity index (χ1n) is 6.34. The normalized spacial score (nSPS) is 28.8. The highest BCUT2D eigenvalue weighted by molar-refractivity contribution is 4.78. The third kappa shape index (κ3) is 3.74. The standard InChI is InChI=1S/C12H24N2O/c1-14(10-12-3-2-6-13-12)9-11-4-7-15-8-5-11/h11-13H,2-10H2,1H3/t12-/m0/s1. The highest BCUT2D eigenvalue weighted by Gasteiger charge is 2.19. The third-order valence-corrected chi connectivity index (χ3v) is 3.61. The van der Waals surface area contributed by atoms with Crippen molar-refractivity contribution in [2.75, 3.05) is 39.9 Å². The smallest absolute Gasteiger partial charge is 0.0469 e. The lowest BCUT2D eigenvalue weighted by molar-refractivity contribution is 0.0549. The molecule has 2 fully saturated rings. The van der Waals surface area contributed by atoms with Crippen LogP contribution in [0.15, 0.2) is 0 Å². The number of hydrogen-bond acceptors (Lipinski definition) is 3. The van der Waals surface area contributed by atoms with Crippen LogP contribution in [0.25, 0.3) is 0 Å². The molecule has 3 nitrogen and oxygen atoms in total. The zero-order chi connectivity index (χ0) is 10.5. The van der Waals surface area contributed by atoms with Gasteiger partial charge in [0.15, 0.2) is 0 Å². The minimum atomic E-state index is 0.745. The van der Waals surface area contributed by atoms with E-state index in [0.29, 0.717) is 0 Å². The summed E-state index contributed by atoms with van der Waals surface area (Å²) >= 11 is 0. The quantitative estimate of drug-likeness (QED) is 0.755. The largest absolute Gasteiger partial charge is 0.381 e. The Bertz CT molecular complexity index is 174. The first kappa shape index (κ1) is 11.4. The second kappa shape index (κ2) is 5.83. The van der Waals surface area contributed by atoms with Gasteiger partial charge in [0.1, 0.15) is 0 Å². The molecule has 2 heterocycles. The Morgan fingerprint density at radius 1 is 1.20 bits per heavy atom. The van der Waals surface area contributed by atoms with Crippen molar-refractivity contribution in [3.05, 3.63) is 0 Å². The van der Waals surface area contributed by atoms with Crippen molar-refractivity contribution in [2.24, 2.45) is 5.92 Å². The summed E-state index contributed by atoms with van der Waals surface area (Å²) in [5.74, 6) is 0.866. The number of nitrogens with one attached hydrogen (secondary N) is 1. The summed E-state index contributed by atoms with van der Waals surface area (Å²) in [6, 6.07) is 0.745. The Hall–Kier alpha value is -0.120. The average molecular weight is 212 g/mol. The van der Waals surface area contributed by atoms with E-state index >= 15 is 0 Å². The molecule has 0 spiro atoms. The number of hydrogen-bond donors (Lipinski definition) is 1. The Labute approximate surface area is 93.2 Å². The van der Waals surface area contributed by atoms with E-state index in [1.54, 1.807) is 0 Å². The zero-order valence-electron chi connectivity index (χ0n) is 9.87. The van der Waals surface area contributed by atoms with E-state index in [9.17, 15) is 0 Å². The summed E-state index contributed by atoms with van der Waals surface area (Å²) in [7, 11) is 2.26. The van der Waals surface area contributed by atoms with Gasteiger partial charge in [-0.1, -0.05) is 0 Å². The topological polar surface area (TPSA) is 24.5 Å². The molecule has 0 aromatic rings. The van der Waals surface area contributed by atoms with Crippen molar-refractivity contribution >= 4 is 0 Å². The number of likely N-dealkylation sites (N-methyl/N-ethyl adjacent to an activating group) is 1. The van der Waals surface area contributed by atoms with Crippen LogP contribution in [0.2, 0.25) is 0 Å². The molecule has 0 unspecified atom stereocenters. The van der Waals surface area contributed by atoms with Crippen molar-refractivity contribution in [3.8, 4) is 0 Å². The van der Waals surface area contributed by atoms with Gasteiger partial charge < -0.3 is 15.0 Å². The molecule has 0 bridgehead atoms. The van der Waals surface area contributed by atoms with E-state index in [1.807, 2.05) is 0 Å². The van der Waals surface area contributed by atoms with Gasteiger partial charge in [0.05, 0.1) is 0 Å². The van der Waals surface area contributed by atoms with Gasteiger partial charge in [-0.3, -0.25) is 0 Å². The maximum atomic E-state index is 5.38. The molecular weight excluding hydrogens is 188 g/mol. The molecule has 0 saturated carbocycles. The van der Waals surface area contributed by atoms with Gasteiger partial charge >= 0.3 is 0 Å². The van der Waals surface area contributed by atoms with Crippen LogP contribution < -0.4 is 5.32 Å². The minimum Gasteiger partial charge on any atom is -0.381 e. The molecule has 0 aliphatic carbocycles. The first-order valence-corrected chi connectivity index (χ1v) is 6.34. The molecule has 15 heavy (non-hydrogen) atoms. The van der Waals surface area contributed by atoms with Gasteiger partial charge in [0.2, 0.25) is 0 Å². The van der Waals surface area contributed by atoms with Crippen LogP contribution in [0.1, 0.15) is 25.7 Å². The molecule has 0 amide bonds. The summed E-state index contributed by atoms with van der Waals surface area (Å²) in [5, 5.41) is 3.56. The van der Waals surface area contributed by atoms with Crippen LogP contribution in [0.4, 0.5) is 0 Å². The molecule has 2 rings (SSSR count). The SMILES string of the molecule is CN(CC1CCOCC1)C[C@@H]1CCCN1. The lowest BCUT2D eigenvalue weighted by Crippen LogP contribution is -2.38. The molecular formula is C12H24N2O. The highest BCUT2D eigenvalue weighted by Crippen LogP contribution is 2.16. The maximum absolute atomic E-state index is 5.38. The van der Waals surface area contributed by atoms with Crippen LogP contribution in [-0.2, 0) is 4.74 Å². The predicted molar refractivity (Wildman–Crippen MR) is 62.1 cm³/mol. The second-order valence-corrected chi connectivity index (χ2v) is 5.07. The minimum absolute atomic E-state index is 0.745. The average Bonchev–Trinajstić information content (AvgIpc) is 2.71. The lowest BCUT2D eigenvalue weighted by Gasteiger charge is -2.28. The van der Waals surface area contributed by atoms with Crippen molar-refractivity contribution in [1.29, 1.82) is 0 Å². The van der Waals surface area contributed by atoms with E-state index in [-0.39, 0.29) is 0 Å². The Balaban J connectivity index is 1.64. The van der Waals surface area contributed by atoms with Gasteiger partial charge in [0.25, 0.3) is 0 Å². The molecule has 2 aliphatic rings. The molecule has 1 atom stereocenters. The van der Waals surface area contributed by atoms with E-state index in [1.165, 1.54) is 45.3 Å². The van der Waals surface area contributed by atoms with Gasteiger partial charge in [0, 0.05) is 32.3 Å². The molecule has 0 aromatic heterocycles. The van der Waals surface area contributed by atoms with E-state index < -0.39 is 0 Å². The van der Waals surface area contributed by atoms with Crippen molar-refractivity contribution < 1.29 is 4.74 Å². The van der Waals surface area contributed by atoms with Crippen LogP contribution in [0, 0.1) is 5.92 Å². The third-order valence-electron chi connectivity index (χ3n) is 3.61. The Morgan fingerprint density at radius 3 is 2.67 bits per heavy atom. The van der Waals surface area contributed by atoms with Crippen molar-refractivity contribution in [1.82, 2.24) is 10.2 Å². The highest BCUT2D eigenvalue weighted by atomic mass is 16.5. The fraction of sp³-hybridized carbons (Fsp3) is 1.00. The van der Waals surface area contributed by atoms with Gasteiger partial charge in [-0.05, 0) is 45.2 Å². The monoisotopic (exact) mass is 212 g/mol. The summed E-state index contributed by atoms with van der Waals surface area (Å²) in [5.41, 5.74) is 0. The predicted octanol–water partition coefficient (Wildman–Crippen LogP) is 1.10. The molecule has 1 N–H and O–H groups in total. The van der Waals surface area contributed by atoms with Crippen molar-refractivity contribution in [2.45, 2.75) is 31.7 Å². The fourth-order valence-corrected chi connectivity index (χ4v) is 2.73. The van der Waals surface area contributed by atoms with Crippen LogP contribution in [-0.4, -0.2) is 50.8 Å². The van der Waals surface area contributed by atoms with Crippen LogP contribution in [0.5, 0.6) is 0 Å². The number of ether oxygens (including phenoxy) is 1. The summed E-state index contributed by atoms with van der Waals surface area (Å²) in [4.78, 5) is 2.50. The summed E-state index contributed by atoms with van der Waals surface area (Å²) < 4.78 is 5.38. The summed E-state index contributed by atoms with van der Waals surface area (Å²) in [6.45, 7) is 5.63. The van der Waals surface area contributed by atoms with E-state index in [2.05, 4.69) is 17.3 Å². The van der Waals surface area contributed by atoms with Crippen LogP contribution >= 0.6 is 0 Å². The van der Waals surface area contributed by atoms with Gasteiger partial charge in [-0.25, -0.2) is 0 Å². The molecule has 3 heteroatoms. The summed E-state index contributed by atoms with van der Waals surface area (Å²) in [6.07, 6.45) is 5.22. The number of nitrogens with zero attached hydrogens (tertiary/aromatic N) is 1. The molecule has 0 radical (unpaired) electrons. The van der Waals surface area contributed by atoms with Crippen molar-refractivity contribution in [3.63, 3.8) is 0 Å². The van der Waals surface area contributed by atoms with Gasteiger partial charge in [-0.15, -0.1) is 0 Å². The lowest BCUT2D eigenvalue weighted by atomic mass is 10.00. The first-order chi connectivity index (χ1) is 7.34.